The number of benzene rings is 1. The summed E-state index contributed by atoms with van der Waals surface area (Å²) < 4.78 is 0. The molecule has 6 heteroatoms. The van der Waals surface area contributed by atoms with E-state index < -0.39 is 0 Å². The van der Waals surface area contributed by atoms with Gasteiger partial charge in [0.1, 0.15) is 0 Å². The SMILES string of the molecule is CC(=O)N1CCN(Cc2csc(C)n2)CC(Cc2ccc3ncccc3c2)C1. The van der Waals surface area contributed by atoms with Gasteiger partial charge in [-0.15, -0.1) is 11.3 Å². The van der Waals surface area contributed by atoms with Gasteiger partial charge in [-0.2, -0.15) is 0 Å². The van der Waals surface area contributed by atoms with Crippen molar-refractivity contribution in [3.8, 4) is 0 Å². The van der Waals surface area contributed by atoms with Crippen molar-refractivity contribution in [3.63, 3.8) is 0 Å². The molecule has 0 saturated carbocycles. The van der Waals surface area contributed by atoms with E-state index in [-0.39, 0.29) is 5.91 Å². The van der Waals surface area contributed by atoms with Crippen molar-refractivity contribution in [1.29, 1.82) is 0 Å². The van der Waals surface area contributed by atoms with Crippen LogP contribution in [0.4, 0.5) is 0 Å². The van der Waals surface area contributed by atoms with Crippen LogP contribution >= 0.6 is 11.3 Å². The van der Waals surface area contributed by atoms with Crippen LogP contribution in [0.25, 0.3) is 10.9 Å². The van der Waals surface area contributed by atoms with E-state index >= 15 is 0 Å². The number of aryl methyl sites for hydroxylation is 1. The fraction of sp³-hybridized carbons (Fsp3) is 0.409. The smallest absolute Gasteiger partial charge is 0.219 e. The molecule has 1 aliphatic rings. The molecule has 0 spiro atoms. The van der Waals surface area contributed by atoms with Gasteiger partial charge in [-0.25, -0.2) is 4.98 Å². The highest BCUT2D eigenvalue weighted by Gasteiger charge is 2.25. The monoisotopic (exact) mass is 394 g/mol. The van der Waals surface area contributed by atoms with E-state index in [1.807, 2.05) is 24.1 Å². The molecule has 4 rings (SSSR count). The lowest BCUT2D eigenvalue weighted by atomic mass is 9.97. The van der Waals surface area contributed by atoms with Crippen molar-refractivity contribution in [2.75, 3.05) is 26.2 Å². The zero-order valence-electron chi connectivity index (χ0n) is 16.5. The summed E-state index contributed by atoms with van der Waals surface area (Å²) in [4.78, 5) is 25.6. The fourth-order valence-electron chi connectivity index (χ4n) is 4.03. The van der Waals surface area contributed by atoms with E-state index in [1.165, 1.54) is 10.9 Å². The molecule has 5 nitrogen and oxygen atoms in total. The van der Waals surface area contributed by atoms with Crippen LogP contribution in [0, 0.1) is 12.8 Å². The maximum Gasteiger partial charge on any atom is 0.219 e. The summed E-state index contributed by atoms with van der Waals surface area (Å²) in [5, 5.41) is 4.43. The molecule has 1 unspecified atom stereocenters. The van der Waals surface area contributed by atoms with Gasteiger partial charge in [-0.05, 0) is 43.0 Å². The van der Waals surface area contributed by atoms with E-state index in [1.54, 1.807) is 18.3 Å². The molecule has 1 fully saturated rings. The minimum Gasteiger partial charge on any atom is -0.341 e. The molecular formula is C22H26N4OS. The zero-order chi connectivity index (χ0) is 19.5. The van der Waals surface area contributed by atoms with Crippen LogP contribution in [-0.4, -0.2) is 51.9 Å². The number of amides is 1. The Bertz CT molecular complexity index is 970. The molecule has 0 bridgehead atoms. The highest BCUT2D eigenvalue weighted by Crippen LogP contribution is 2.21. The van der Waals surface area contributed by atoms with E-state index in [0.29, 0.717) is 5.92 Å². The first-order valence-corrected chi connectivity index (χ1v) is 10.7. The van der Waals surface area contributed by atoms with Crippen LogP contribution in [0.3, 0.4) is 0 Å². The number of nitrogens with zero attached hydrogens (tertiary/aromatic N) is 4. The number of rotatable bonds is 4. The number of pyridine rings is 1. The second-order valence-corrected chi connectivity index (χ2v) is 8.72. The van der Waals surface area contributed by atoms with Gasteiger partial charge in [0.25, 0.3) is 0 Å². The first kappa shape index (κ1) is 19.0. The third kappa shape index (κ3) is 4.56. The molecule has 1 atom stereocenters. The second-order valence-electron chi connectivity index (χ2n) is 7.66. The van der Waals surface area contributed by atoms with Crippen LogP contribution < -0.4 is 0 Å². The number of carbonyl (C=O) groups is 1. The van der Waals surface area contributed by atoms with Gasteiger partial charge in [0, 0.05) is 56.6 Å². The van der Waals surface area contributed by atoms with Crippen molar-refractivity contribution in [1.82, 2.24) is 19.8 Å². The Hall–Kier alpha value is -2.31. The molecule has 1 saturated heterocycles. The lowest BCUT2D eigenvalue weighted by Crippen LogP contribution is -2.34. The average molecular weight is 395 g/mol. The Morgan fingerprint density at radius 2 is 2.14 bits per heavy atom. The van der Waals surface area contributed by atoms with E-state index in [4.69, 9.17) is 0 Å². The van der Waals surface area contributed by atoms with Crippen LogP contribution in [-0.2, 0) is 17.8 Å². The van der Waals surface area contributed by atoms with Gasteiger partial charge in [0.15, 0.2) is 0 Å². The minimum absolute atomic E-state index is 0.166. The number of hydrogen-bond donors (Lipinski definition) is 0. The molecule has 28 heavy (non-hydrogen) atoms. The summed E-state index contributed by atoms with van der Waals surface area (Å²) in [6.45, 7) is 8.06. The van der Waals surface area contributed by atoms with Gasteiger partial charge < -0.3 is 4.90 Å². The van der Waals surface area contributed by atoms with Gasteiger partial charge in [0.2, 0.25) is 5.91 Å². The zero-order valence-corrected chi connectivity index (χ0v) is 17.3. The Morgan fingerprint density at radius 3 is 2.93 bits per heavy atom. The molecule has 1 aliphatic heterocycles. The number of aromatic nitrogens is 2. The van der Waals surface area contributed by atoms with Crippen molar-refractivity contribution in [3.05, 3.63) is 58.2 Å². The molecule has 0 radical (unpaired) electrons. The maximum absolute atomic E-state index is 12.1. The summed E-state index contributed by atoms with van der Waals surface area (Å²) >= 11 is 1.70. The highest BCUT2D eigenvalue weighted by molar-refractivity contribution is 7.09. The standard InChI is InChI=1S/C22H26N4OS/c1-16-24-21(15-28-16)14-25-8-9-26(17(2)27)13-19(12-25)10-18-5-6-22-20(11-18)4-3-7-23-22/h3-7,11,15,19H,8-10,12-14H2,1-2H3. The molecule has 3 aromatic rings. The predicted molar refractivity (Wildman–Crippen MR) is 113 cm³/mol. The normalized spacial score (nSPS) is 18.4. The Labute approximate surface area is 170 Å². The van der Waals surface area contributed by atoms with Gasteiger partial charge in [-0.3, -0.25) is 14.7 Å². The summed E-state index contributed by atoms with van der Waals surface area (Å²) in [7, 11) is 0. The third-order valence-electron chi connectivity index (χ3n) is 5.37. The van der Waals surface area contributed by atoms with Gasteiger partial charge >= 0.3 is 0 Å². The van der Waals surface area contributed by atoms with Crippen molar-refractivity contribution < 1.29 is 4.79 Å². The van der Waals surface area contributed by atoms with Gasteiger partial charge in [0.05, 0.1) is 16.2 Å². The number of hydrogen-bond acceptors (Lipinski definition) is 5. The van der Waals surface area contributed by atoms with Crippen molar-refractivity contribution in [2.24, 2.45) is 5.92 Å². The topological polar surface area (TPSA) is 49.3 Å². The number of fused-ring (bicyclic) bond motifs is 1. The first-order chi connectivity index (χ1) is 13.6. The van der Waals surface area contributed by atoms with E-state index in [2.05, 4.69) is 44.5 Å². The molecule has 146 valence electrons. The number of thiazole rings is 1. The molecule has 2 aromatic heterocycles. The van der Waals surface area contributed by atoms with Crippen molar-refractivity contribution in [2.45, 2.75) is 26.8 Å². The Morgan fingerprint density at radius 1 is 1.25 bits per heavy atom. The summed E-state index contributed by atoms with van der Waals surface area (Å²) in [5.74, 6) is 0.569. The van der Waals surface area contributed by atoms with Crippen molar-refractivity contribution >= 4 is 28.1 Å². The fourth-order valence-corrected chi connectivity index (χ4v) is 4.64. The minimum atomic E-state index is 0.166. The quantitative estimate of drug-likeness (QED) is 0.679. The summed E-state index contributed by atoms with van der Waals surface area (Å²) in [6, 6.07) is 10.6. The van der Waals surface area contributed by atoms with E-state index in [9.17, 15) is 4.79 Å². The highest BCUT2D eigenvalue weighted by atomic mass is 32.1. The Balaban J connectivity index is 1.51. The molecule has 3 heterocycles. The number of carbonyl (C=O) groups excluding carboxylic acids is 1. The maximum atomic E-state index is 12.1. The second kappa shape index (κ2) is 8.37. The predicted octanol–water partition coefficient (Wildman–Crippen LogP) is 3.52. The van der Waals surface area contributed by atoms with Crippen LogP contribution in [0.5, 0.6) is 0 Å². The van der Waals surface area contributed by atoms with Crippen LogP contribution in [0.15, 0.2) is 41.9 Å². The van der Waals surface area contributed by atoms with Crippen LogP contribution in [0.1, 0.15) is 23.2 Å². The lowest BCUT2D eigenvalue weighted by molar-refractivity contribution is -0.129. The third-order valence-corrected chi connectivity index (χ3v) is 6.19. The lowest BCUT2D eigenvalue weighted by Gasteiger charge is -2.24. The molecule has 1 amide bonds. The molecule has 0 aliphatic carbocycles. The molecule has 1 aromatic carbocycles. The van der Waals surface area contributed by atoms with E-state index in [0.717, 1.165) is 55.4 Å². The van der Waals surface area contributed by atoms with Gasteiger partial charge in [-0.1, -0.05) is 12.1 Å². The average Bonchev–Trinajstić information content (AvgIpc) is 2.97. The first-order valence-electron chi connectivity index (χ1n) is 9.79. The largest absolute Gasteiger partial charge is 0.341 e. The van der Waals surface area contributed by atoms with Crippen LogP contribution in [0.2, 0.25) is 0 Å². The Kier molecular flexibility index (Phi) is 5.69. The molecule has 0 N–H and O–H groups in total. The summed E-state index contributed by atoms with van der Waals surface area (Å²) in [5.41, 5.74) is 3.47. The summed E-state index contributed by atoms with van der Waals surface area (Å²) in [6.07, 6.45) is 2.79. The molecular weight excluding hydrogens is 368 g/mol.